The molecule has 0 aromatic heterocycles. The molecule has 27 heavy (non-hydrogen) atoms. The van der Waals surface area contributed by atoms with E-state index in [-0.39, 0.29) is 6.03 Å². The molecule has 0 bridgehead atoms. The molecule has 6 nitrogen and oxygen atoms in total. The first kappa shape index (κ1) is 18.8. The van der Waals surface area contributed by atoms with Gasteiger partial charge in [0.05, 0.1) is 6.61 Å². The lowest BCUT2D eigenvalue weighted by Crippen LogP contribution is -2.43. The molecule has 6 heteroatoms. The molecule has 0 radical (unpaired) electrons. The smallest absolute Gasteiger partial charge is 0.321 e. The monoisotopic (exact) mass is 367 g/mol. The molecular formula is C21H25N3O3. The number of nitrogens with two attached hydrogens (primary N) is 1. The Bertz CT molecular complexity index is 805. The Morgan fingerprint density at radius 3 is 2.74 bits per heavy atom. The number of piperidine rings is 1. The van der Waals surface area contributed by atoms with E-state index < -0.39 is 5.91 Å². The molecule has 0 unspecified atom stereocenters. The summed E-state index contributed by atoms with van der Waals surface area (Å²) in [6.45, 7) is 3.99. The number of hydrogen-bond donors (Lipinski definition) is 2. The average molecular weight is 367 g/mol. The Labute approximate surface area is 159 Å². The third-order valence-electron chi connectivity index (χ3n) is 4.71. The van der Waals surface area contributed by atoms with Crippen molar-refractivity contribution in [2.45, 2.75) is 19.8 Å². The van der Waals surface area contributed by atoms with Gasteiger partial charge in [0.15, 0.2) is 0 Å². The molecule has 1 aliphatic rings. The second-order valence-corrected chi connectivity index (χ2v) is 6.95. The number of hydrogen-bond acceptors (Lipinski definition) is 3. The molecule has 1 heterocycles. The van der Waals surface area contributed by atoms with Gasteiger partial charge in [-0.25, -0.2) is 4.79 Å². The molecule has 2 aromatic carbocycles. The van der Waals surface area contributed by atoms with Crippen molar-refractivity contribution in [1.82, 2.24) is 4.90 Å². The van der Waals surface area contributed by atoms with Crippen LogP contribution in [-0.4, -0.2) is 36.5 Å². The Morgan fingerprint density at radius 1 is 1.22 bits per heavy atom. The van der Waals surface area contributed by atoms with Gasteiger partial charge in [0.1, 0.15) is 5.75 Å². The van der Waals surface area contributed by atoms with E-state index in [9.17, 15) is 9.59 Å². The number of nitrogens with one attached hydrogen (secondary N) is 1. The lowest BCUT2D eigenvalue weighted by molar-refractivity contribution is 0.1000. The van der Waals surface area contributed by atoms with Gasteiger partial charge in [0, 0.05) is 30.3 Å². The summed E-state index contributed by atoms with van der Waals surface area (Å²) in [7, 11) is 0. The number of benzene rings is 2. The number of ether oxygens (including phenoxy) is 1. The number of aryl methyl sites for hydroxylation is 1. The maximum Gasteiger partial charge on any atom is 0.321 e. The van der Waals surface area contributed by atoms with E-state index in [1.54, 1.807) is 29.2 Å². The van der Waals surface area contributed by atoms with Crippen LogP contribution < -0.4 is 15.8 Å². The van der Waals surface area contributed by atoms with Crippen LogP contribution in [0.2, 0.25) is 0 Å². The Kier molecular flexibility index (Phi) is 5.96. The Morgan fingerprint density at radius 2 is 2.00 bits per heavy atom. The van der Waals surface area contributed by atoms with E-state index in [4.69, 9.17) is 10.5 Å². The van der Waals surface area contributed by atoms with Crippen molar-refractivity contribution in [3.63, 3.8) is 0 Å². The molecule has 3 amide bonds. The zero-order chi connectivity index (χ0) is 19.2. The van der Waals surface area contributed by atoms with Crippen molar-refractivity contribution in [1.29, 1.82) is 0 Å². The summed E-state index contributed by atoms with van der Waals surface area (Å²) in [6.07, 6.45) is 1.98. The number of likely N-dealkylation sites (tertiary alicyclic amines) is 1. The minimum atomic E-state index is -0.516. The second-order valence-electron chi connectivity index (χ2n) is 6.95. The number of anilines is 1. The van der Waals surface area contributed by atoms with Gasteiger partial charge in [-0.3, -0.25) is 4.79 Å². The maximum atomic E-state index is 12.6. The number of carbonyl (C=O) groups is 2. The van der Waals surface area contributed by atoms with E-state index in [0.717, 1.165) is 18.6 Å². The Hall–Kier alpha value is -3.02. The van der Waals surface area contributed by atoms with E-state index in [1.807, 2.05) is 31.2 Å². The molecule has 142 valence electrons. The fourth-order valence-electron chi connectivity index (χ4n) is 3.19. The second kappa shape index (κ2) is 8.58. The first-order valence-corrected chi connectivity index (χ1v) is 9.16. The van der Waals surface area contributed by atoms with E-state index in [2.05, 4.69) is 5.32 Å². The van der Waals surface area contributed by atoms with E-state index in [1.165, 1.54) is 5.56 Å². The fraction of sp³-hybridized carbons (Fsp3) is 0.333. The highest BCUT2D eigenvalue weighted by atomic mass is 16.5. The minimum Gasteiger partial charge on any atom is -0.493 e. The highest BCUT2D eigenvalue weighted by Crippen LogP contribution is 2.20. The summed E-state index contributed by atoms with van der Waals surface area (Å²) < 4.78 is 5.88. The van der Waals surface area contributed by atoms with Crippen LogP contribution in [0.15, 0.2) is 48.5 Å². The van der Waals surface area contributed by atoms with E-state index >= 15 is 0 Å². The van der Waals surface area contributed by atoms with Gasteiger partial charge in [-0.1, -0.05) is 23.8 Å². The number of urea groups is 1. The number of amides is 3. The van der Waals surface area contributed by atoms with Crippen molar-refractivity contribution in [3.8, 4) is 5.75 Å². The number of carbonyl (C=O) groups excluding carboxylic acids is 2. The number of nitrogens with zero attached hydrogens (tertiary/aromatic N) is 1. The van der Waals surface area contributed by atoms with Crippen LogP contribution in [0.25, 0.3) is 0 Å². The predicted molar refractivity (Wildman–Crippen MR) is 105 cm³/mol. The summed E-state index contributed by atoms with van der Waals surface area (Å²) in [5.41, 5.74) is 7.42. The van der Waals surface area contributed by atoms with Gasteiger partial charge < -0.3 is 20.7 Å². The first-order valence-electron chi connectivity index (χ1n) is 9.16. The summed E-state index contributed by atoms with van der Waals surface area (Å²) in [6, 6.07) is 14.5. The normalized spacial score (nSPS) is 16.6. The predicted octanol–water partition coefficient (Wildman–Crippen LogP) is 3.42. The maximum absolute atomic E-state index is 12.6. The average Bonchev–Trinajstić information content (AvgIpc) is 2.68. The topological polar surface area (TPSA) is 84.7 Å². The van der Waals surface area contributed by atoms with Gasteiger partial charge in [-0.2, -0.15) is 0 Å². The molecule has 1 aliphatic heterocycles. The molecule has 1 saturated heterocycles. The molecule has 1 atom stereocenters. The van der Waals surface area contributed by atoms with E-state index in [0.29, 0.717) is 36.9 Å². The van der Waals surface area contributed by atoms with Crippen molar-refractivity contribution >= 4 is 17.6 Å². The summed E-state index contributed by atoms with van der Waals surface area (Å²) >= 11 is 0. The first-order chi connectivity index (χ1) is 13.0. The Balaban J connectivity index is 1.53. The minimum absolute atomic E-state index is 0.170. The molecule has 0 aliphatic carbocycles. The number of rotatable bonds is 5. The van der Waals surface area contributed by atoms with Gasteiger partial charge >= 0.3 is 6.03 Å². The van der Waals surface area contributed by atoms with Crippen molar-refractivity contribution in [2.75, 3.05) is 25.0 Å². The molecule has 1 fully saturated rings. The summed E-state index contributed by atoms with van der Waals surface area (Å²) in [4.78, 5) is 25.6. The third kappa shape index (κ3) is 5.23. The highest BCUT2D eigenvalue weighted by molar-refractivity contribution is 5.95. The van der Waals surface area contributed by atoms with Crippen LogP contribution in [0.5, 0.6) is 5.75 Å². The van der Waals surface area contributed by atoms with Gasteiger partial charge in [0.2, 0.25) is 5.91 Å². The lowest BCUT2D eigenvalue weighted by Gasteiger charge is -2.32. The van der Waals surface area contributed by atoms with Crippen LogP contribution in [0.4, 0.5) is 10.5 Å². The van der Waals surface area contributed by atoms with Crippen LogP contribution in [0, 0.1) is 12.8 Å². The van der Waals surface area contributed by atoms with Crippen LogP contribution >= 0.6 is 0 Å². The standard InChI is InChI=1S/C21H25N3O3/c1-15-7-9-19(10-8-15)27-14-16-4-3-11-24(13-16)21(26)23-18-6-2-5-17(12-18)20(22)25/h2,5-10,12,16H,3-4,11,13-14H2,1H3,(H2,22,25)(H,23,26)/t16-/m1/s1. The summed E-state index contributed by atoms with van der Waals surface area (Å²) in [5, 5.41) is 2.85. The molecule has 0 saturated carbocycles. The largest absolute Gasteiger partial charge is 0.493 e. The zero-order valence-corrected chi connectivity index (χ0v) is 15.5. The van der Waals surface area contributed by atoms with Crippen LogP contribution in [0.3, 0.4) is 0 Å². The van der Waals surface area contributed by atoms with Crippen molar-refractivity contribution < 1.29 is 14.3 Å². The van der Waals surface area contributed by atoms with Crippen molar-refractivity contribution in [2.24, 2.45) is 11.7 Å². The lowest BCUT2D eigenvalue weighted by atomic mass is 9.99. The fourth-order valence-corrected chi connectivity index (χ4v) is 3.19. The zero-order valence-electron chi connectivity index (χ0n) is 15.5. The van der Waals surface area contributed by atoms with Gasteiger partial charge in [-0.05, 0) is 50.1 Å². The molecule has 2 aromatic rings. The SMILES string of the molecule is Cc1ccc(OC[C@@H]2CCCN(C(=O)Nc3cccc(C(N)=O)c3)C2)cc1. The molecule has 0 spiro atoms. The van der Waals surface area contributed by atoms with Gasteiger partial charge in [-0.15, -0.1) is 0 Å². The molecular weight excluding hydrogens is 342 g/mol. The quantitative estimate of drug-likeness (QED) is 0.849. The molecule has 3 N–H and O–H groups in total. The third-order valence-corrected chi connectivity index (χ3v) is 4.71. The van der Waals surface area contributed by atoms with Gasteiger partial charge in [0.25, 0.3) is 0 Å². The molecule has 3 rings (SSSR count). The van der Waals surface area contributed by atoms with Crippen LogP contribution in [0.1, 0.15) is 28.8 Å². The number of primary amides is 1. The van der Waals surface area contributed by atoms with Crippen LogP contribution in [-0.2, 0) is 0 Å². The van der Waals surface area contributed by atoms with Crippen molar-refractivity contribution in [3.05, 3.63) is 59.7 Å². The summed E-state index contributed by atoms with van der Waals surface area (Å²) in [5.74, 6) is 0.630. The highest BCUT2D eigenvalue weighted by Gasteiger charge is 2.24.